The van der Waals surface area contributed by atoms with Crippen LogP contribution >= 0.6 is 0 Å². The number of nitrogens with zero attached hydrogens (tertiary/aromatic N) is 2. The van der Waals surface area contributed by atoms with Gasteiger partial charge in [-0.2, -0.15) is 4.98 Å². The fraction of sp³-hybridized carbons (Fsp3) is 0.556. The van der Waals surface area contributed by atoms with Crippen LogP contribution in [-0.4, -0.2) is 23.1 Å². The van der Waals surface area contributed by atoms with E-state index in [0.29, 0.717) is 5.95 Å². The van der Waals surface area contributed by atoms with Crippen molar-refractivity contribution in [2.75, 3.05) is 23.7 Å². The number of aromatic nitrogens is 2. The van der Waals surface area contributed by atoms with E-state index in [1.54, 1.807) is 0 Å². The molecule has 1 saturated heterocycles. The Morgan fingerprint density at radius 2 is 2.07 bits per heavy atom. The molecule has 1 fully saturated rings. The summed E-state index contributed by atoms with van der Waals surface area (Å²) in [6, 6.07) is 1.30. The first-order chi connectivity index (χ1) is 6.75. The molecule has 0 atom stereocenters. The molecule has 0 unspecified atom stereocenters. The van der Waals surface area contributed by atoms with Crippen LogP contribution in [0.2, 0.25) is 0 Å². The summed E-state index contributed by atoms with van der Waals surface area (Å²) in [6.45, 7) is 1.90. The summed E-state index contributed by atoms with van der Waals surface area (Å²) in [5.74, 6) is 0.893. The van der Waals surface area contributed by atoms with Crippen LogP contribution in [0.5, 0.6) is 0 Å². The van der Waals surface area contributed by atoms with E-state index in [1.807, 2.05) is 0 Å². The summed E-state index contributed by atoms with van der Waals surface area (Å²) in [5, 5.41) is 0. The zero-order valence-corrected chi connectivity index (χ0v) is 7.99. The van der Waals surface area contributed by atoms with E-state index in [1.165, 1.54) is 12.5 Å². The molecular formula is C9H14N4O. The molecule has 0 aliphatic carbocycles. The maximum absolute atomic E-state index is 11.2. The van der Waals surface area contributed by atoms with Gasteiger partial charge in [0.05, 0.1) is 0 Å². The molecule has 0 amide bonds. The fourth-order valence-electron chi connectivity index (χ4n) is 1.72. The van der Waals surface area contributed by atoms with Crippen LogP contribution in [0.25, 0.3) is 0 Å². The summed E-state index contributed by atoms with van der Waals surface area (Å²) in [5.41, 5.74) is 5.33. The standard InChI is InChI=1S/C9H14N4O/c10-7-6-8(14)12-9(11-7)13-4-2-1-3-5-13/h6H,1-5H2,(H3,10,11,12,14). The molecule has 76 valence electrons. The summed E-state index contributed by atoms with van der Waals surface area (Å²) < 4.78 is 0. The van der Waals surface area contributed by atoms with Crippen LogP contribution < -0.4 is 16.2 Å². The van der Waals surface area contributed by atoms with Crippen LogP contribution in [0.4, 0.5) is 11.8 Å². The third-order valence-corrected chi connectivity index (χ3v) is 2.40. The van der Waals surface area contributed by atoms with Crippen molar-refractivity contribution in [3.63, 3.8) is 0 Å². The second-order valence-electron chi connectivity index (χ2n) is 3.54. The maximum atomic E-state index is 11.2. The van der Waals surface area contributed by atoms with Gasteiger partial charge >= 0.3 is 0 Å². The van der Waals surface area contributed by atoms with E-state index in [9.17, 15) is 4.79 Å². The van der Waals surface area contributed by atoms with Gasteiger partial charge in [0.2, 0.25) is 5.95 Å². The van der Waals surface area contributed by atoms with Crippen LogP contribution in [0.3, 0.4) is 0 Å². The normalized spacial score (nSPS) is 17.0. The first kappa shape index (κ1) is 9.05. The summed E-state index contributed by atoms with van der Waals surface area (Å²) in [7, 11) is 0. The molecule has 0 radical (unpaired) electrons. The highest BCUT2D eigenvalue weighted by Crippen LogP contribution is 2.14. The lowest BCUT2D eigenvalue weighted by Crippen LogP contribution is -2.32. The molecule has 5 nitrogen and oxygen atoms in total. The van der Waals surface area contributed by atoms with Gasteiger partial charge in [-0.3, -0.25) is 9.78 Å². The van der Waals surface area contributed by atoms with Gasteiger partial charge in [-0.25, -0.2) is 0 Å². The molecule has 1 aromatic rings. The molecule has 3 N–H and O–H groups in total. The highest BCUT2D eigenvalue weighted by atomic mass is 16.1. The van der Waals surface area contributed by atoms with Crippen molar-refractivity contribution in [3.05, 3.63) is 16.4 Å². The summed E-state index contributed by atoms with van der Waals surface area (Å²) in [4.78, 5) is 20.0. The molecule has 0 aromatic carbocycles. The van der Waals surface area contributed by atoms with Crippen LogP contribution in [0, 0.1) is 0 Å². The minimum absolute atomic E-state index is 0.182. The smallest absolute Gasteiger partial charge is 0.254 e. The average molecular weight is 194 g/mol. The van der Waals surface area contributed by atoms with Gasteiger partial charge in [0.15, 0.2) is 0 Å². The molecule has 1 aliphatic heterocycles. The number of piperidine rings is 1. The molecule has 2 rings (SSSR count). The molecular weight excluding hydrogens is 180 g/mol. The van der Waals surface area contributed by atoms with Gasteiger partial charge in [0.25, 0.3) is 5.56 Å². The van der Waals surface area contributed by atoms with Gasteiger partial charge in [-0.05, 0) is 19.3 Å². The number of anilines is 2. The molecule has 0 spiro atoms. The van der Waals surface area contributed by atoms with Gasteiger partial charge in [-0.15, -0.1) is 0 Å². The van der Waals surface area contributed by atoms with Gasteiger partial charge in [0.1, 0.15) is 5.82 Å². The van der Waals surface area contributed by atoms with Crippen molar-refractivity contribution >= 4 is 11.8 Å². The van der Waals surface area contributed by atoms with Crippen molar-refractivity contribution in [2.24, 2.45) is 0 Å². The van der Waals surface area contributed by atoms with Crippen molar-refractivity contribution in [2.45, 2.75) is 19.3 Å². The quantitative estimate of drug-likeness (QED) is 0.676. The van der Waals surface area contributed by atoms with Crippen molar-refractivity contribution in [1.82, 2.24) is 9.97 Å². The number of nitrogens with one attached hydrogen (secondary N) is 1. The monoisotopic (exact) mass is 194 g/mol. The Morgan fingerprint density at radius 3 is 2.71 bits per heavy atom. The Morgan fingerprint density at radius 1 is 1.36 bits per heavy atom. The molecule has 1 aromatic heterocycles. The molecule has 0 saturated carbocycles. The topological polar surface area (TPSA) is 75.0 Å². The number of hydrogen-bond acceptors (Lipinski definition) is 4. The highest BCUT2D eigenvalue weighted by Gasteiger charge is 2.12. The minimum Gasteiger partial charge on any atom is -0.383 e. The van der Waals surface area contributed by atoms with Gasteiger partial charge in [0, 0.05) is 19.2 Å². The van der Waals surface area contributed by atoms with E-state index >= 15 is 0 Å². The first-order valence-electron chi connectivity index (χ1n) is 4.87. The Labute approximate surface area is 82.0 Å². The SMILES string of the molecule is Nc1cc(=O)[nH]c(N2CCCCC2)n1. The first-order valence-corrected chi connectivity index (χ1v) is 4.87. The molecule has 0 bridgehead atoms. The predicted octanol–water partition coefficient (Wildman–Crippen LogP) is 0.342. The second kappa shape index (κ2) is 3.69. The van der Waals surface area contributed by atoms with E-state index in [2.05, 4.69) is 14.9 Å². The van der Waals surface area contributed by atoms with Crippen LogP contribution in [-0.2, 0) is 0 Å². The summed E-state index contributed by atoms with van der Waals surface area (Å²) >= 11 is 0. The lowest BCUT2D eigenvalue weighted by atomic mass is 10.1. The van der Waals surface area contributed by atoms with E-state index < -0.39 is 0 Å². The van der Waals surface area contributed by atoms with E-state index in [0.717, 1.165) is 25.9 Å². The number of hydrogen-bond donors (Lipinski definition) is 2. The molecule has 2 heterocycles. The number of nitrogen functional groups attached to an aromatic ring is 1. The molecule has 5 heteroatoms. The second-order valence-corrected chi connectivity index (χ2v) is 3.54. The van der Waals surface area contributed by atoms with Crippen molar-refractivity contribution in [1.29, 1.82) is 0 Å². The zero-order chi connectivity index (χ0) is 9.97. The predicted molar refractivity (Wildman–Crippen MR) is 55.3 cm³/mol. The Kier molecular flexibility index (Phi) is 2.39. The van der Waals surface area contributed by atoms with Gasteiger partial charge < -0.3 is 10.6 Å². The maximum Gasteiger partial charge on any atom is 0.254 e. The third-order valence-electron chi connectivity index (χ3n) is 2.40. The van der Waals surface area contributed by atoms with E-state index in [4.69, 9.17) is 5.73 Å². The highest BCUT2D eigenvalue weighted by molar-refractivity contribution is 5.37. The number of H-pyrrole nitrogens is 1. The largest absolute Gasteiger partial charge is 0.383 e. The average Bonchev–Trinajstić information content (AvgIpc) is 2.18. The Hall–Kier alpha value is -1.52. The summed E-state index contributed by atoms with van der Waals surface area (Å²) in [6.07, 6.45) is 3.56. The number of aromatic amines is 1. The Balaban J connectivity index is 2.26. The van der Waals surface area contributed by atoms with E-state index in [-0.39, 0.29) is 11.4 Å². The number of nitrogens with two attached hydrogens (primary N) is 1. The lowest BCUT2D eigenvalue weighted by molar-refractivity contribution is 0.568. The molecule has 1 aliphatic rings. The van der Waals surface area contributed by atoms with Crippen LogP contribution in [0.15, 0.2) is 10.9 Å². The molecule has 14 heavy (non-hydrogen) atoms. The van der Waals surface area contributed by atoms with Crippen molar-refractivity contribution in [3.8, 4) is 0 Å². The number of rotatable bonds is 1. The Bertz CT molecular complexity index is 367. The van der Waals surface area contributed by atoms with Gasteiger partial charge in [-0.1, -0.05) is 0 Å². The fourth-order valence-corrected chi connectivity index (χ4v) is 1.72. The van der Waals surface area contributed by atoms with Crippen molar-refractivity contribution < 1.29 is 0 Å². The minimum atomic E-state index is -0.182. The zero-order valence-electron chi connectivity index (χ0n) is 7.99. The third kappa shape index (κ3) is 1.86. The lowest BCUT2D eigenvalue weighted by Gasteiger charge is -2.26. The van der Waals surface area contributed by atoms with Crippen LogP contribution in [0.1, 0.15) is 19.3 Å².